The highest BCUT2D eigenvalue weighted by atomic mass is 19.4. The van der Waals surface area contributed by atoms with Crippen molar-refractivity contribution in [1.82, 2.24) is 0 Å². The molecule has 0 fully saturated rings. The normalized spacial score (nSPS) is 13.4. The monoisotopic (exact) mass is 544 g/mol. The third kappa shape index (κ3) is 5.68. The zero-order valence-electron chi connectivity index (χ0n) is 20.0. The molecule has 4 rings (SSSR count). The summed E-state index contributed by atoms with van der Waals surface area (Å²) in [6.07, 6.45) is -1.28. The van der Waals surface area contributed by atoms with Gasteiger partial charge in [0.25, 0.3) is 0 Å². The van der Waals surface area contributed by atoms with E-state index in [4.69, 9.17) is 0 Å². The molecule has 0 saturated carbocycles. The van der Waals surface area contributed by atoms with Gasteiger partial charge in [0.2, 0.25) is 5.75 Å². The van der Waals surface area contributed by atoms with E-state index in [1.807, 2.05) is 6.92 Å². The lowest BCUT2D eigenvalue weighted by Crippen LogP contribution is -2.19. The fraction of sp³-hybridized carbons (Fsp3) is 0.286. The number of ether oxygens (including phenoxy) is 1. The van der Waals surface area contributed by atoms with E-state index in [2.05, 4.69) is 4.74 Å². The van der Waals surface area contributed by atoms with Crippen molar-refractivity contribution in [3.05, 3.63) is 93.6 Å². The largest absolute Gasteiger partial charge is 0.573 e. The third-order valence-electron chi connectivity index (χ3n) is 6.34. The summed E-state index contributed by atoms with van der Waals surface area (Å²) in [4.78, 5) is 0. The zero-order chi connectivity index (χ0) is 27.8. The minimum Gasteiger partial charge on any atom is -0.399 e. The number of halogens is 9. The molecule has 0 aromatic heterocycles. The molecule has 0 aliphatic heterocycles. The molecule has 0 bridgehead atoms. The average molecular weight is 544 g/mol. The van der Waals surface area contributed by atoms with E-state index in [0.29, 0.717) is 24.1 Å². The molecule has 202 valence electrons. The first-order valence-corrected chi connectivity index (χ1v) is 11.8. The molecule has 0 unspecified atom stereocenters. The fourth-order valence-electron chi connectivity index (χ4n) is 4.62. The SMILES string of the molecule is CCCCCc1cc(F)c(C2=CCc3c(cc(F)c(-c4cc(F)c(OC(F)(F)F)c(F)c4)c3F)C2)c(F)c1. The van der Waals surface area contributed by atoms with Gasteiger partial charge in [-0.05, 0) is 83.8 Å². The van der Waals surface area contributed by atoms with Crippen LogP contribution in [-0.2, 0) is 19.3 Å². The second kappa shape index (κ2) is 10.7. The maximum atomic E-state index is 15.4. The summed E-state index contributed by atoms with van der Waals surface area (Å²) in [6, 6.07) is 4.02. The molecule has 3 aromatic carbocycles. The van der Waals surface area contributed by atoms with E-state index in [9.17, 15) is 35.1 Å². The van der Waals surface area contributed by atoms with Gasteiger partial charge in [0, 0.05) is 5.56 Å². The fourth-order valence-corrected chi connectivity index (χ4v) is 4.62. The minimum atomic E-state index is -5.39. The zero-order valence-corrected chi connectivity index (χ0v) is 20.0. The highest BCUT2D eigenvalue weighted by Gasteiger charge is 2.35. The van der Waals surface area contributed by atoms with Crippen LogP contribution in [0.15, 0.2) is 36.4 Å². The highest BCUT2D eigenvalue weighted by Crippen LogP contribution is 2.39. The molecule has 0 spiro atoms. The summed E-state index contributed by atoms with van der Waals surface area (Å²) in [5.41, 5.74) is -1.15. The molecule has 1 aliphatic carbocycles. The standard InChI is InChI=1S/C28H21F9O/c1-2-3-4-5-14-8-19(29)24(20(30)9-14)15-6-7-18-16(10-15)11-21(31)25(26(18)34)17-12-22(32)27(23(33)13-17)38-28(35,36)37/h6,8-9,11-13H,2-5,7,10H2,1H3. The van der Waals surface area contributed by atoms with E-state index in [-0.39, 0.29) is 35.1 Å². The van der Waals surface area contributed by atoms with Gasteiger partial charge in [0.1, 0.15) is 23.3 Å². The number of rotatable bonds is 7. The molecular weight excluding hydrogens is 523 g/mol. The van der Waals surface area contributed by atoms with Gasteiger partial charge in [-0.25, -0.2) is 26.3 Å². The van der Waals surface area contributed by atoms with Gasteiger partial charge < -0.3 is 4.74 Å². The Hall–Kier alpha value is -3.43. The lowest BCUT2D eigenvalue weighted by atomic mass is 9.85. The Morgan fingerprint density at radius 1 is 0.763 bits per heavy atom. The first-order valence-electron chi connectivity index (χ1n) is 11.8. The summed E-state index contributed by atoms with van der Waals surface area (Å²) >= 11 is 0. The molecule has 0 amide bonds. The predicted octanol–water partition coefficient (Wildman–Crippen LogP) is 9.00. The Balaban J connectivity index is 1.67. The summed E-state index contributed by atoms with van der Waals surface area (Å²) in [5.74, 6) is -9.40. The Morgan fingerprint density at radius 2 is 1.37 bits per heavy atom. The number of fused-ring (bicyclic) bond motifs is 1. The lowest BCUT2D eigenvalue weighted by molar-refractivity contribution is -0.276. The van der Waals surface area contributed by atoms with Crippen molar-refractivity contribution in [3.63, 3.8) is 0 Å². The molecule has 1 aliphatic rings. The van der Waals surface area contributed by atoms with Crippen LogP contribution >= 0.6 is 0 Å². The predicted molar refractivity (Wildman–Crippen MR) is 123 cm³/mol. The third-order valence-corrected chi connectivity index (χ3v) is 6.34. The Bertz CT molecular complexity index is 1360. The number of allylic oxidation sites excluding steroid dienone is 2. The number of unbranched alkanes of at least 4 members (excludes halogenated alkanes) is 2. The average Bonchev–Trinajstić information content (AvgIpc) is 2.80. The summed E-state index contributed by atoms with van der Waals surface area (Å²) in [5, 5.41) is 0. The highest BCUT2D eigenvalue weighted by molar-refractivity contribution is 5.74. The van der Waals surface area contributed by atoms with Crippen molar-refractivity contribution in [2.45, 2.75) is 51.8 Å². The topological polar surface area (TPSA) is 9.23 Å². The number of hydrogen-bond donors (Lipinski definition) is 0. The Kier molecular flexibility index (Phi) is 7.80. The van der Waals surface area contributed by atoms with Crippen molar-refractivity contribution >= 4 is 5.57 Å². The molecule has 0 N–H and O–H groups in total. The van der Waals surface area contributed by atoms with Gasteiger partial charge in [0.05, 0.1) is 5.56 Å². The summed E-state index contributed by atoms with van der Waals surface area (Å²) in [7, 11) is 0. The van der Waals surface area contributed by atoms with E-state index in [1.165, 1.54) is 18.2 Å². The Morgan fingerprint density at radius 3 is 1.95 bits per heavy atom. The van der Waals surface area contributed by atoms with Crippen LogP contribution in [0.3, 0.4) is 0 Å². The summed E-state index contributed by atoms with van der Waals surface area (Å²) < 4.78 is 129. The maximum absolute atomic E-state index is 15.4. The van der Waals surface area contributed by atoms with Crippen molar-refractivity contribution in [3.8, 4) is 16.9 Å². The summed E-state index contributed by atoms with van der Waals surface area (Å²) in [6.45, 7) is 2.01. The first kappa shape index (κ1) is 27.6. The lowest BCUT2D eigenvalue weighted by Gasteiger charge is -2.21. The van der Waals surface area contributed by atoms with Gasteiger partial charge in [-0.3, -0.25) is 0 Å². The van der Waals surface area contributed by atoms with Gasteiger partial charge in [-0.15, -0.1) is 13.2 Å². The van der Waals surface area contributed by atoms with Crippen LogP contribution in [0.5, 0.6) is 5.75 Å². The molecule has 10 heteroatoms. The van der Waals surface area contributed by atoms with Crippen LogP contribution < -0.4 is 4.74 Å². The van der Waals surface area contributed by atoms with Crippen molar-refractivity contribution in [2.75, 3.05) is 0 Å². The number of benzene rings is 3. The molecule has 38 heavy (non-hydrogen) atoms. The van der Waals surface area contributed by atoms with E-state index in [1.54, 1.807) is 0 Å². The van der Waals surface area contributed by atoms with Crippen LogP contribution in [0.2, 0.25) is 0 Å². The van der Waals surface area contributed by atoms with Gasteiger partial charge >= 0.3 is 6.36 Å². The molecule has 0 atom stereocenters. The van der Waals surface area contributed by atoms with E-state index < -0.39 is 58.1 Å². The van der Waals surface area contributed by atoms with Gasteiger partial charge in [-0.1, -0.05) is 25.8 Å². The van der Waals surface area contributed by atoms with Crippen LogP contribution in [0.4, 0.5) is 39.5 Å². The van der Waals surface area contributed by atoms with Crippen LogP contribution in [0.25, 0.3) is 16.7 Å². The molecule has 0 radical (unpaired) electrons. The van der Waals surface area contributed by atoms with Gasteiger partial charge in [-0.2, -0.15) is 0 Å². The second-order valence-corrected chi connectivity index (χ2v) is 9.00. The molecule has 0 saturated heterocycles. The van der Waals surface area contributed by atoms with Crippen molar-refractivity contribution in [2.24, 2.45) is 0 Å². The van der Waals surface area contributed by atoms with Gasteiger partial charge in [0.15, 0.2) is 11.6 Å². The maximum Gasteiger partial charge on any atom is 0.573 e. The van der Waals surface area contributed by atoms with Crippen LogP contribution in [0.1, 0.15) is 48.4 Å². The smallest absolute Gasteiger partial charge is 0.399 e. The molecule has 0 heterocycles. The van der Waals surface area contributed by atoms with E-state index >= 15 is 4.39 Å². The second-order valence-electron chi connectivity index (χ2n) is 9.00. The number of hydrogen-bond acceptors (Lipinski definition) is 1. The molecular formula is C28H21F9O. The number of alkyl halides is 3. The first-order chi connectivity index (χ1) is 17.9. The van der Waals surface area contributed by atoms with Crippen molar-refractivity contribution in [1.29, 1.82) is 0 Å². The van der Waals surface area contributed by atoms with Crippen molar-refractivity contribution < 1.29 is 44.3 Å². The number of aryl methyl sites for hydroxylation is 1. The minimum absolute atomic E-state index is 0.0708. The van der Waals surface area contributed by atoms with Crippen LogP contribution in [0, 0.1) is 34.9 Å². The molecule has 1 nitrogen and oxygen atoms in total. The van der Waals surface area contributed by atoms with Crippen LogP contribution in [-0.4, -0.2) is 6.36 Å². The quantitative estimate of drug-likeness (QED) is 0.213. The molecule has 3 aromatic rings. The Labute approximate surface area is 212 Å². The van der Waals surface area contributed by atoms with E-state index in [0.717, 1.165) is 25.3 Å².